The van der Waals surface area contributed by atoms with Crippen LogP contribution in [0.3, 0.4) is 0 Å². The first kappa shape index (κ1) is 19.3. The van der Waals surface area contributed by atoms with E-state index in [-0.39, 0.29) is 10.4 Å². The molecular formula is C19H16N4O4S. The quantitative estimate of drug-likeness (QED) is 0.653. The number of hydrogen-bond donors (Lipinski definition) is 2. The topological polar surface area (TPSA) is 125 Å². The Labute approximate surface area is 163 Å². The summed E-state index contributed by atoms with van der Waals surface area (Å²) < 4.78 is 5.26. The number of benzene rings is 1. The molecule has 3 aromatic rings. The Bertz CT molecular complexity index is 1190. The molecule has 0 saturated heterocycles. The highest BCUT2D eigenvalue weighted by atomic mass is 32.1. The van der Waals surface area contributed by atoms with Crippen LogP contribution in [0.15, 0.2) is 29.1 Å². The highest BCUT2D eigenvalue weighted by molar-refractivity contribution is 7.20. The lowest BCUT2D eigenvalue weighted by molar-refractivity contribution is -0.123. The number of nitrogens with zero attached hydrogens (tertiary/aromatic N) is 2. The van der Waals surface area contributed by atoms with Crippen molar-refractivity contribution < 1.29 is 14.3 Å². The average molecular weight is 396 g/mol. The van der Waals surface area contributed by atoms with Crippen LogP contribution in [0.5, 0.6) is 0 Å². The van der Waals surface area contributed by atoms with Crippen LogP contribution in [0, 0.1) is 25.2 Å². The predicted octanol–water partition coefficient (Wildman–Crippen LogP) is 2.66. The molecule has 0 saturated carbocycles. The van der Waals surface area contributed by atoms with E-state index in [2.05, 4.69) is 15.3 Å². The van der Waals surface area contributed by atoms with Gasteiger partial charge in [-0.05, 0) is 44.5 Å². The third-order valence-corrected chi connectivity index (χ3v) is 5.18. The molecule has 0 spiro atoms. The summed E-state index contributed by atoms with van der Waals surface area (Å²) in [6, 6.07) is 8.38. The molecule has 1 atom stereocenters. The number of amides is 1. The first-order chi connectivity index (χ1) is 13.3. The number of esters is 1. The number of nitrogens with one attached hydrogen (secondary N) is 2. The predicted molar refractivity (Wildman–Crippen MR) is 104 cm³/mol. The molecule has 28 heavy (non-hydrogen) atoms. The maximum Gasteiger partial charge on any atom is 0.349 e. The largest absolute Gasteiger partial charge is 0.448 e. The zero-order valence-electron chi connectivity index (χ0n) is 15.3. The van der Waals surface area contributed by atoms with E-state index < -0.39 is 18.0 Å². The van der Waals surface area contributed by atoms with Gasteiger partial charge in [0.05, 0.1) is 17.0 Å². The van der Waals surface area contributed by atoms with Crippen LogP contribution in [0.1, 0.15) is 33.5 Å². The summed E-state index contributed by atoms with van der Waals surface area (Å²) in [5.41, 5.74) is 0.971. The number of aromatic amines is 1. The molecule has 142 valence electrons. The van der Waals surface area contributed by atoms with E-state index in [9.17, 15) is 14.4 Å². The fourth-order valence-corrected chi connectivity index (χ4v) is 3.73. The first-order valence-electron chi connectivity index (χ1n) is 8.32. The summed E-state index contributed by atoms with van der Waals surface area (Å²) in [6.45, 7) is 4.74. The second-order valence-electron chi connectivity index (χ2n) is 6.12. The maximum absolute atomic E-state index is 12.5. The van der Waals surface area contributed by atoms with Gasteiger partial charge in [-0.15, -0.1) is 11.3 Å². The van der Waals surface area contributed by atoms with E-state index in [4.69, 9.17) is 10.00 Å². The lowest BCUT2D eigenvalue weighted by Crippen LogP contribution is -2.30. The van der Waals surface area contributed by atoms with Crippen LogP contribution in [0.4, 0.5) is 5.69 Å². The van der Waals surface area contributed by atoms with E-state index in [1.165, 1.54) is 13.0 Å². The second-order valence-corrected chi connectivity index (χ2v) is 7.12. The average Bonchev–Trinajstić information content (AvgIpc) is 2.98. The number of H-pyrrole nitrogens is 1. The van der Waals surface area contributed by atoms with Gasteiger partial charge in [0.15, 0.2) is 6.10 Å². The van der Waals surface area contributed by atoms with Gasteiger partial charge in [-0.3, -0.25) is 9.59 Å². The number of carbonyl (C=O) groups excluding carboxylic acids is 2. The number of aromatic nitrogens is 2. The van der Waals surface area contributed by atoms with Crippen LogP contribution in [0.25, 0.3) is 10.2 Å². The summed E-state index contributed by atoms with van der Waals surface area (Å²) in [5.74, 6) is -0.786. The number of ether oxygens (including phenoxy) is 1. The van der Waals surface area contributed by atoms with Crippen molar-refractivity contribution in [2.24, 2.45) is 0 Å². The molecule has 2 N–H and O–H groups in total. The maximum atomic E-state index is 12.5. The fraction of sp³-hybridized carbons (Fsp3) is 0.211. The van der Waals surface area contributed by atoms with Crippen molar-refractivity contribution in [1.29, 1.82) is 5.26 Å². The molecule has 3 rings (SSSR count). The van der Waals surface area contributed by atoms with Crippen LogP contribution in [-0.2, 0) is 9.53 Å². The van der Waals surface area contributed by atoms with Crippen molar-refractivity contribution in [3.05, 3.63) is 56.4 Å². The van der Waals surface area contributed by atoms with Crippen molar-refractivity contribution in [2.45, 2.75) is 26.9 Å². The van der Waals surface area contributed by atoms with Gasteiger partial charge in [-0.2, -0.15) is 5.26 Å². The summed E-state index contributed by atoms with van der Waals surface area (Å²) in [5, 5.41) is 11.9. The molecule has 0 bridgehead atoms. The minimum absolute atomic E-state index is 0.227. The lowest BCUT2D eigenvalue weighted by Gasteiger charge is -2.13. The summed E-state index contributed by atoms with van der Waals surface area (Å²) in [6.07, 6.45) is -1.07. The number of nitriles is 1. The Kier molecular flexibility index (Phi) is 5.24. The van der Waals surface area contributed by atoms with E-state index in [0.717, 1.165) is 11.3 Å². The fourth-order valence-electron chi connectivity index (χ4n) is 2.62. The van der Waals surface area contributed by atoms with Gasteiger partial charge in [-0.25, -0.2) is 9.78 Å². The number of carbonyl (C=O) groups is 2. The minimum atomic E-state index is -1.07. The zero-order chi connectivity index (χ0) is 20.4. The van der Waals surface area contributed by atoms with E-state index in [0.29, 0.717) is 32.9 Å². The van der Waals surface area contributed by atoms with E-state index >= 15 is 0 Å². The zero-order valence-corrected chi connectivity index (χ0v) is 16.1. The molecule has 1 unspecified atom stereocenters. The number of thiophene rings is 1. The van der Waals surface area contributed by atoms with Crippen LogP contribution in [0.2, 0.25) is 0 Å². The van der Waals surface area contributed by atoms with Crippen LogP contribution >= 0.6 is 11.3 Å². The van der Waals surface area contributed by atoms with Crippen LogP contribution in [-0.4, -0.2) is 27.9 Å². The van der Waals surface area contributed by atoms with Crippen molar-refractivity contribution in [3.8, 4) is 6.07 Å². The normalized spacial score (nSPS) is 11.6. The number of hydrogen-bond acceptors (Lipinski definition) is 7. The standard InChI is InChI=1S/C19H16N4O4S/c1-9-14-17(25)21-11(3)22-18(14)28-15(9)19(26)27-10(2)16(24)23-13-6-4-5-12(7-13)8-20/h4-7,10H,1-3H3,(H,23,24)(H,21,22,25). The summed E-state index contributed by atoms with van der Waals surface area (Å²) in [7, 11) is 0. The summed E-state index contributed by atoms with van der Waals surface area (Å²) >= 11 is 1.05. The number of rotatable bonds is 4. The molecule has 0 aliphatic heterocycles. The molecule has 0 aliphatic carbocycles. The van der Waals surface area contributed by atoms with Crippen molar-refractivity contribution in [1.82, 2.24) is 9.97 Å². The lowest BCUT2D eigenvalue weighted by atomic mass is 10.2. The van der Waals surface area contributed by atoms with Gasteiger partial charge < -0.3 is 15.0 Å². The van der Waals surface area contributed by atoms with Gasteiger partial charge in [-0.1, -0.05) is 6.07 Å². The number of anilines is 1. The van der Waals surface area contributed by atoms with Gasteiger partial charge in [0.25, 0.3) is 11.5 Å². The van der Waals surface area contributed by atoms with E-state index in [1.54, 1.807) is 32.0 Å². The molecule has 8 nitrogen and oxygen atoms in total. The molecule has 0 radical (unpaired) electrons. The molecule has 0 aliphatic rings. The van der Waals surface area contributed by atoms with Gasteiger partial charge in [0.1, 0.15) is 15.5 Å². The molecule has 0 fully saturated rings. The van der Waals surface area contributed by atoms with Gasteiger partial charge in [0, 0.05) is 5.69 Å². The van der Waals surface area contributed by atoms with Crippen LogP contribution < -0.4 is 10.9 Å². The highest BCUT2D eigenvalue weighted by Crippen LogP contribution is 2.28. The third kappa shape index (κ3) is 3.77. The summed E-state index contributed by atoms with van der Waals surface area (Å²) in [4.78, 5) is 44.4. The Morgan fingerprint density at radius 2 is 2.11 bits per heavy atom. The SMILES string of the molecule is Cc1nc2sc(C(=O)OC(C)C(=O)Nc3cccc(C#N)c3)c(C)c2c(=O)[nH]1. The molecule has 9 heteroatoms. The first-order valence-corrected chi connectivity index (χ1v) is 9.14. The van der Waals surface area contributed by atoms with Gasteiger partial charge >= 0.3 is 5.97 Å². The molecule has 1 aromatic carbocycles. The Morgan fingerprint density at radius 1 is 1.36 bits per heavy atom. The highest BCUT2D eigenvalue weighted by Gasteiger charge is 2.24. The van der Waals surface area contributed by atoms with Crippen molar-refractivity contribution in [3.63, 3.8) is 0 Å². The Morgan fingerprint density at radius 3 is 2.82 bits per heavy atom. The Hall–Kier alpha value is -3.51. The van der Waals surface area contributed by atoms with E-state index in [1.807, 2.05) is 6.07 Å². The van der Waals surface area contributed by atoms with Crippen molar-refractivity contribution >= 4 is 39.1 Å². The molecular weight excluding hydrogens is 380 g/mol. The molecule has 2 heterocycles. The number of aryl methyl sites for hydroxylation is 2. The number of fused-ring (bicyclic) bond motifs is 1. The smallest absolute Gasteiger partial charge is 0.349 e. The molecule has 2 aromatic heterocycles. The third-order valence-electron chi connectivity index (χ3n) is 4.02. The monoisotopic (exact) mass is 396 g/mol. The molecule has 1 amide bonds. The van der Waals surface area contributed by atoms with Gasteiger partial charge in [0.2, 0.25) is 0 Å². The Balaban J connectivity index is 1.77. The second kappa shape index (κ2) is 7.62. The minimum Gasteiger partial charge on any atom is -0.448 e. The van der Waals surface area contributed by atoms with Crippen molar-refractivity contribution in [2.75, 3.05) is 5.32 Å².